The number of nitrogens with zero attached hydrogens (tertiary/aromatic N) is 2. The second kappa shape index (κ2) is 7.70. The zero-order valence-corrected chi connectivity index (χ0v) is 16.4. The number of nitrogens with one attached hydrogen (secondary N) is 1. The average Bonchev–Trinajstić information content (AvgIpc) is 3.15. The van der Waals surface area contributed by atoms with E-state index in [9.17, 15) is 18.0 Å². The van der Waals surface area contributed by atoms with Gasteiger partial charge in [-0.2, -0.15) is 13.2 Å². The maximum absolute atomic E-state index is 13.3. The molecule has 0 saturated heterocycles. The molecular weight excluding hydrogens is 367 g/mol. The number of benzene rings is 1. The van der Waals surface area contributed by atoms with Crippen molar-refractivity contribution in [1.29, 1.82) is 0 Å². The van der Waals surface area contributed by atoms with Crippen LogP contribution in [-0.2, 0) is 6.18 Å². The lowest BCUT2D eigenvalue weighted by molar-refractivity contribution is -0.140. The third kappa shape index (κ3) is 3.72. The summed E-state index contributed by atoms with van der Waals surface area (Å²) in [5.41, 5.74) is -1.03. The Morgan fingerprint density at radius 3 is 2.46 bits per heavy atom. The molecule has 0 aliphatic heterocycles. The monoisotopic (exact) mass is 393 g/mol. The minimum Gasteiger partial charge on any atom is -0.347 e. The van der Waals surface area contributed by atoms with Crippen LogP contribution in [0.3, 0.4) is 0 Å². The Hall–Kier alpha value is -2.15. The largest absolute Gasteiger partial charge is 0.433 e. The lowest BCUT2D eigenvalue weighted by Gasteiger charge is -2.43. The summed E-state index contributed by atoms with van der Waals surface area (Å²) in [7, 11) is 4.01. The van der Waals surface area contributed by atoms with Gasteiger partial charge in [-0.05, 0) is 45.5 Å². The Kier molecular flexibility index (Phi) is 5.66. The second-order valence-corrected chi connectivity index (χ2v) is 7.71. The summed E-state index contributed by atoms with van der Waals surface area (Å²) < 4.78 is 39.9. The Morgan fingerprint density at radius 2 is 1.89 bits per heavy atom. The first-order valence-corrected chi connectivity index (χ1v) is 9.64. The molecule has 0 bridgehead atoms. The highest BCUT2D eigenvalue weighted by Crippen LogP contribution is 2.38. The number of rotatable bonds is 5. The minimum absolute atomic E-state index is 0.0169. The SMILES string of the molecule is CCC(NC(=O)c1cc(C(F)(F)F)nc2ccccc12)C1(N(C)C)CCCC1. The number of hydrogen-bond acceptors (Lipinski definition) is 3. The van der Waals surface area contributed by atoms with Crippen molar-refractivity contribution in [1.82, 2.24) is 15.2 Å². The molecule has 1 aliphatic rings. The standard InChI is InChI=1S/C21H26F3N3O/c1-4-17(20(27(2)3)11-7-8-12-20)26-19(28)15-13-18(21(22,23)24)25-16-10-6-5-9-14(15)16/h5-6,9-10,13,17H,4,7-8,11-12H2,1-3H3,(H,26,28). The van der Waals surface area contributed by atoms with Gasteiger partial charge in [0, 0.05) is 17.0 Å². The van der Waals surface area contributed by atoms with E-state index in [0.717, 1.165) is 31.7 Å². The van der Waals surface area contributed by atoms with Crippen molar-refractivity contribution in [3.8, 4) is 0 Å². The first-order valence-electron chi connectivity index (χ1n) is 9.64. The Labute approximate surface area is 163 Å². The van der Waals surface area contributed by atoms with E-state index in [1.54, 1.807) is 18.2 Å². The third-order valence-electron chi connectivity index (χ3n) is 5.97. The van der Waals surface area contributed by atoms with Gasteiger partial charge in [-0.25, -0.2) is 4.98 Å². The smallest absolute Gasteiger partial charge is 0.347 e. The van der Waals surface area contributed by atoms with Crippen molar-refractivity contribution >= 4 is 16.8 Å². The zero-order chi connectivity index (χ0) is 20.5. The molecule has 28 heavy (non-hydrogen) atoms. The number of likely N-dealkylation sites (N-methyl/N-ethyl adjacent to an activating group) is 1. The fourth-order valence-corrected chi connectivity index (χ4v) is 4.46. The van der Waals surface area contributed by atoms with Crippen LogP contribution in [0.2, 0.25) is 0 Å². The number of aromatic nitrogens is 1. The number of fused-ring (bicyclic) bond motifs is 1. The highest BCUT2D eigenvalue weighted by Gasteiger charge is 2.43. The summed E-state index contributed by atoms with van der Waals surface area (Å²) >= 11 is 0. The van der Waals surface area contributed by atoms with Crippen molar-refractivity contribution in [3.63, 3.8) is 0 Å². The number of halogens is 3. The molecule has 7 heteroatoms. The third-order valence-corrected chi connectivity index (χ3v) is 5.97. The highest BCUT2D eigenvalue weighted by molar-refractivity contribution is 6.06. The van der Waals surface area contributed by atoms with Gasteiger partial charge in [0.2, 0.25) is 0 Å². The summed E-state index contributed by atoms with van der Waals surface area (Å²) in [6, 6.07) is 7.17. The molecule has 1 aromatic carbocycles. The molecule has 1 unspecified atom stereocenters. The van der Waals surface area contributed by atoms with Crippen LogP contribution in [0.1, 0.15) is 55.1 Å². The number of pyridine rings is 1. The van der Waals surface area contributed by atoms with Gasteiger partial charge in [0.05, 0.1) is 11.1 Å². The minimum atomic E-state index is -4.61. The quantitative estimate of drug-likeness (QED) is 0.805. The second-order valence-electron chi connectivity index (χ2n) is 7.71. The summed E-state index contributed by atoms with van der Waals surface area (Å²) in [5.74, 6) is -0.482. The van der Waals surface area contributed by atoms with Gasteiger partial charge in [0.1, 0.15) is 5.69 Å². The van der Waals surface area contributed by atoms with Crippen LogP contribution in [-0.4, -0.2) is 41.5 Å². The highest BCUT2D eigenvalue weighted by atomic mass is 19.4. The lowest BCUT2D eigenvalue weighted by Crippen LogP contribution is -2.58. The van der Waals surface area contributed by atoms with Crippen LogP contribution in [0.25, 0.3) is 10.9 Å². The van der Waals surface area contributed by atoms with Crippen molar-refractivity contribution < 1.29 is 18.0 Å². The van der Waals surface area contributed by atoms with Gasteiger partial charge in [-0.1, -0.05) is 38.0 Å². The van der Waals surface area contributed by atoms with Gasteiger partial charge < -0.3 is 10.2 Å². The number of hydrogen-bond donors (Lipinski definition) is 1. The van der Waals surface area contributed by atoms with E-state index >= 15 is 0 Å². The topological polar surface area (TPSA) is 45.2 Å². The van der Waals surface area contributed by atoms with Crippen LogP contribution >= 0.6 is 0 Å². The number of carbonyl (C=O) groups is 1. The molecule has 0 spiro atoms. The van der Waals surface area contributed by atoms with E-state index in [1.165, 1.54) is 6.07 Å². The number of alkyl halides is 3. The van der Waals surface area contributed by atoms with Gasteiger partial charge in [-0.15, -0.1) is 0 Å². The molecule has 1 N–H and O–H groups in total. The van der Waals surface area contributed by atoms with E-state index in [1.807, 2.05) is 21.0 Å². The Bertz CT molecular complexity index is 858. The van der Waals surface area contributed by atoms with E-state index in [0.29, 0.717) is 11.8 Å². The van der Waals surface area contributed by atoms with Gasteiger partial charge >= 0.3 is 6.18 Å². The summed E-state index contributed by atoms with van der Waals surface area (Å²) in [4.78, 5) is 19.0. The van der Waals surface area contributed by atoms with Gasteiger partial charge in [0.15, 0.2) is 0 Å². The molecule has 4 nitrogen and oxygen atoms in total. The Morgan fingerprint density at radius 1 is 1.25 bits per heavy atom. The van der Waals surface area contributed by atoms with Crippen LogP contribution in [0, 0.1) is 0 Å². The predicted molar refractivity (Wildman–Crippen MR) is 103 cm³/mol. The first-order chi connectivity index (χ1) is 13.2. The molecule has 152 valence electrons. The molecule has 1 aliphatic carbocycles. The fraction of sp³-hybridized carbons (Fsp3) is 0.524. The Balaban J connectivity index is 2.01. The first kappa shape index (κ1) is 20.6. The van der Waals surface area contributed by atoms with Gasteiger partial charge in [-0.3, -0.25) is 4.79 Å². The number of carbonyl (C=O) groups excluding carboxylic acids is 1. The van der Waals surface area contributed by atoms with Crippen molar-refractivity contribution in [3.05, 3.63) is 41.6 Å². The van der Waals surface area contributed by atoms with E-state index < -0.39 is 17.8 Å². The molecule has 1 atom stereocenters. The lowest BCUT2D eigenvalue weighted by atomic mass is 9.85. The van der Waals surface area contributed by atoms with Gasteiger partial charge in [0.25, 0.3) is 5.91 Å². The number of amides is 1. The van der Waals surface area contributed by atoms with Crippen molar-refractivity contribution in [2.75, 3.05) is 14.1 Å². The molecule has 3 rings (SSSR count). The van der Waals surface area contributed by atoms with Crippen molar-refractivity contribution in [2.24, 2.45) is 0 Å². The zero-order valence-electron chi connectivity index (χ0n) is 16.4. The summed E-state index contributed by atoms with van der Waals surface area (Å²) in [6.07, 6.45) is 0.188. The molecule has 1 amide bonds. The molecule has 1 fully saturated rings. The van der Waals surface area contributed by atoms with Crippen LogP contribution in [0.15, 0.2) is 30.3 Å². The molecule has 1 heterocycles. The fourth-order valence-electron chi connectivity index (χ4n) is 4.46. The van der Waals surface area contributed by atoms with E-state index in [2.05, 4.69) is 15.2 Å². The normalized spacial score (nSPS) is 17.8. The van der Waals surface area contributed by atoms with E-state index in [4.69, 9.17) is 0 Å². The average molecular weight is 393 g/mol. The molecule has 1 aromatic heterocycles. The molecule has 1 saturated carbocycles. The van der Waals surface area contributed by atoms with Crippen LogP contribution < -0.4 is 5.32 Å². The molecular formula is C21H26F3N3O. The maximum Gasteiger partial charge on any atom is 0.433 e. The predicted octanol–water partition coefficient (Wildman–Crippen LogP) is 4.64. The van der Waals surface area contributed by atoms with Crippen LogP contribution in [0.5, 0.6) is 0 Å². The van der Waals surface area contributed by atoms with Crippen LogP contribution in [0.4, 0.5) is 13.2 Å². The van der Waals surface area contributed by atoms with Crippen molar-refractivity contribution in [2.45, 2.75) is 56.8 Å². The van der Waals surface area contributed by atoms with E-state index in [-0.39, 0.29) is 22.7 Å². The molecule has 0 radical (unpaired) electrons. The summed E-state index contributed by atoms with van der Waals surface area (Å²) in [6.45, 7) is 2.00. The maximum atomic E-state index is 13.3. The summed E-state index contributed by atoms with van der Waals surface area (Å²) in [5, 5.41) is 3.47. The molecule has 2 aromatic rings. The number of para-hydroxylation sites is 1.